The fourth-order valence-electron chi connectivity index (χ4n) is 0.364. The summed E-state index contributed by atoms with van der Waals surface area (Å²) >= 11 is 0. The van der Waals surface area contributed by atoms with Gasteiger partial charge in [0, 0.05) is 14.0 Å². The molecule has 0 aromatic carbocycles. The molecule has 0 rings (SSSR count). The van der Waals surface area contributed by atoms with Crippen LogP contribution in [0.3, 0.4) is 0 Å². The lowest BCUT2D eigenvalue weighted by Gasteiger charge is -2.17. The molecule has 0 atom stereocenters. The van der Waals surface area contributed by atoms with Gasteiger partial charge in [-0.25, -0.2) is 0 Å². The fraction of sp³-hybridized carbons (Fsp3) is 0.800. The number of amides is 1. The summed E-state index contributed by atoms with van der Waals surface area (Å²) in [5.41, 5.74) is 0. The maximum absolute atomic E-state index is 10.5. The van der Waals surface area contributed by atoms with Gasteiger partial charge in [0.2, 0.25) is 5.91 Å². The summed E-state index contributed by atoms with van der Waals surface area (Å²) in [4.78, 5) is 10.5. The number of carbonyl (C=O) groups excluding carboxylic acids is 1. The molecule has 0 unspecified atom stereocenters. The quantitative estimate of drug-likeness (QED) is 0.473. The molecule has 1 amide bonds. The van der Waals surface area contributed by atoms with Crippen LogP contribution in [0.5, 0.6) is 0 Å². The van der Waals surface area contributed by atoms with Crippen molar-refractivity contribution in [2.24, 2.45) is 0 Å². The van der Waals surface area contributed by atoms with E-state index in [0.29, 0.717) is 0 Å². The van der Waals surface area contributed by atoms with E-state index in [1.165, 1.54) is 0 Å². The van der Waals surface area contributed by atoms with Crippen LogP contribution in [0.2, 0.25) is 13.1 Å². The first kappa shape index (κ1) is 7.69. The van der Waals surface area contributed by atoms with Gasteiger partial charge in [-0.15, -0.1) is 0 Å². The molecule has 3 heteroatoms. The van der Waals surface area contributed by atoms with Crippen LogP contribution in [0.1, 0.15) is 6.92 Å². The Balaban J connectivity index is 3.64. The summed E-state index contributed by atoms with van der Waals surface area (Å²) in [5, 5.41) is 0. The summed E-state index contributed by atoms with van der Waals surface area (Å²) < 4.78 is 1.83. The lowest BCUT2D eigenvalue weighted by atomic mass is 10.7. The third-order valence-electron chi connectivity index (χ3n) is 1.27. The summed E-state index contributed by atoms with van der Waals surface area (Å²) in [6.07, 6.45) is 0. The van der Waals surface area contributed by atoms with Crippen LogP contribution >= 0.6 is 0 Å². The average molecular weight is 131 g/mol. The predicted octanol–water partition coefficient (Wildman–Crippen LogP) is 0.448. The lowest BCUT2D eigenvalue weighted by molar-refractivity contribution is -0.123. The molecular formula is C5H13NOSi. The van der Waals surface area contributed by atoms with Crippen molar-refractivity contribution in [3.63, 3.8) is 0 Å². The van der Waals surface area contributed by atoms with Crippen LogP contribution in [0, 0.1) is 0 Å². The van der Waals surface area contributed by atoms with Crippen LogP contribution in [0.15, 0.2) is 0 Å². The molecule has 0 aliphatic carbocycles. The van der Waals surface area contributed by atoms with Gasteiger partial charge in [-0.3, -0.25) is 4.79 Å². The molecule has 0 aliphatic rings. The third-order valence-corrected chi connectivity index (χ3v) is 3.18. The molecule has 0 bridgehead atoms. The van der Waals surface area contributed by atoms with Crippen LogP contribution in [0.25, 0.3) is 0 Å². The molecule has 0 saturated heterocycles. The van der Waals surface area contributed by atoms with Crippen molar-refractivity contribution >= 4 is 14.9 Å². The van der Waals surface area contributed by atoms with Crippen LogP contribution in [-0.2, 0) is 4.79 Å². The summed E-state index contributed by atoms with van der Waals surface area (Å²) in [5.74, 6) is 0.187. The van der Waals surface area contributed by atoms with Crippen LogP contribution < -0.4 is 0 Å². The Kier molecular flexibility index (Phi) is 2.75. The molecule has 0 radical (unpaired) electrons. The van der Waals surface area contributed by atoms with Gasteiger partial charge in [-0.05, 0) is 0 Å². The van der Waals surface area contributed by atoms with E-state index >= 15 is 0 Å². The van der Waals surface area contributed by atoms with Crippen molar-refractivity contribution in [1.82, 2.24) is 4.57 Å². The first-order valence-corrected chi connectivity index (χ1v) is 5.61. The Hall–Kier alpha value is -0.313. The van der Waals surface area contributed by atoms with E-state index in [-0.39, 0.29) is 5.91 Å². The van der Waals surface area contributed by atoms with Crippen molar-refractivity contribution in [2.45, 2.75) is 20.0 Å². The molecule has 0 N–H and O–H groups in total. The van der Waals surface area contributed by atoms with Gasteiger partial charge < -0.3 is 4.57 Å². The van der Waals surface area contributed by atoms with Gasteiger partial charge in [0.05, 0.1) is 0 Å². The highest BCUT2D eigenvalue weighted by molar-refractivity contribution is 6.55. The maximum atomic E-state index is 10.5. The SMILES string of the molecule is CC(=O)N(C)[SiH](C)C. The monoisotopic (exact) mass is 131 g/mol. The molecule has 0 heterocycles. The predicted molar refractivity (Wildman–Crippen MR) is 37.3 cm³/mol. The van der Waals surface area contributed by atoms with Gasteiger partial charge in [0.25, 0.3) is 0 Å². The zero-order valence-electron chi connectivity index (χ0n) is 5.93. The Bertz CT molecular complexity index is 92.4. The molecule has 0 aromatic heterocycles. The van der Waals surface area contributed by atoms with E-state index in [0.717, 1.165) is 0 Å². The Morgan fingerprint density at radius 1 is 1.50 bits per heavy atom. The summed E-state index contributed by atoms with van der Waals surface area (Å²) in [6.45, 7) is 5.86. The zero-order chi connectivity index (χ0) is 6.73. The summed E-state index contributed by atoms with van der Waals surface area (Å²) in [7, 11) is 1.02. The van der Waals surface area contributed by atoms with Gasteiger partial charge in [-0.2, -0.15) is 0 Å². The molecular weight excluding hydrogens is 118 g/mol. The first-order chi connectivity index (χ1) is 3.55. The minimum Gasteiger partial charge on any atom is -0.376 e. The molecule has 0 fully saturated rings. The van der Waals surface area contributed by atoms with Crippen molar-refractivity contribution in [3.05, 3.63) is 0 Å². The van der Waals surface area contributed by atoms with Gasteiger partial charge >= 0.3 is 0 Å². The molecule has 48 valence electrons. The van der Waals surface area contributed by atoms with Crippen molar-refractivity contribution in [2.75, 3.05) is 7.05 Å². The van der Waals surface area contributed by atoms with E-state index in [1.807, 2.05) is 11.6 Å². The second-order valence-corrected chi connectivity index (χ2v) is 5.19. The number of carbonyl (C=O) groups is 1. The standard InChI is InChI=1S/C5H13NOSi/c1-5(7)6(2)8(3)4/h8H,1-4H3. The fourth-order valence-corrected chi connectivity index (χ4v) is 1.09. The number of hydrogen-bond donors (Lipinski definition) is 0. The van der Waals surface area contributed by atoms with Crippen LogP contribution in [-0.4, -0.2) is 26.5 Å². The second-order valence-electron chi connectivity index (χ2n) is 2.22. The molecule has 0 aromatic rings. The van der Waals surface area contributed by atoms with E-state index < -0.39 is 8.96 Å². The molecule has 8 heavy (non-hydrogen) atoms. The van der Waals surface area contributed by atoms with Crippen LogP contribution in [0.4, 0.5) is 0 Å². The second kappa shape index (κ2) is 2.87. The maximum Gasteiger partial charge on any atom is 0.211 e. The number of rotatable bonds is 1. The highest BCUT2D eigenvalue weighted by atomic mass is 28.3. The average Bonchev–Trinajstić information content (AvgIpc) is 1.64. The molecule has 0 aliphatic heterocycles. The Morgan fingerprint density at radius 2 is 1.88 bits per heavy atom. The zero-order valence-corrected chi connectivity index (χ0v) is 7.09. The number of nitrogens with zero attached hydrogens (tertiary/aromatic N) is 1. The van der Waals surface area contributed by atoms with Crippen molar-refractivity contribution < 1.29 is 4.79 Å². The van der Waals surface area contributed by atoms with E-state index in [9.17, 15) is 4.79 Å². The highest BCUT2D eigenvalue weighted by Gasteiger charge is 2.05. The summed E-state index contributed by atoms with van der Waals surface area (Å²) in [6, 6.07) is 0. The molecule has 2 nitrogen and oxygen atoms in total. The molecule has 0 spiro atoms. The van der Waals surface area contributed by atoms with Crippen molar-refractivity contribution in [3.8, 4) is 0 Å². The smallest absolute Gasteiger partial charge is 0.211 e. The van der Waals surface area contributed by atoms with E-state index in [4.69, 9.17) is 0 Å². The number of hydrogen-bond acceptors (Lipinski definition) is 1. The van der Waals surface area contributed by atoms with E-state index in [1.54, 1.807) is 6.92 Å². The largest absolute Gasteiger partial charge is 0.376 e. The highest BCUT2D eigenvalue weighted by Crippen LogP contribution is 1.88. The first-order valence-electron chi connectivity index (χ1n) is 2.79. The minimum absolute atomic E-state index is 0.187. The normalized spacial score (nSPS) is 9.62. The van der Waals surface area contributed by atoms with Gasteiger partial charge in [0.1, 0.15) is 8.96 Å². The third kappa shape index (κ3) is 2.11. The van der Waals surface area contributed by atoms with Crippen molar-refractivity contribution in [1.29, 1.82) is 0 Å². The van der Waals surface area contributed by atoms with Gasteiger partial charge in [0.15, 0.2) is 0 Å². The van der Waals surface area contributed by atoms with Gasteiger partial charge in [-0.1, -0.05) is 13.1 Å². The molecule has 0 saturated carbocycles. The topological polar surface area (TPSA) is 20.3 Å². The van der Waals surface area contributed by atoms with E-state index in [2.05, 4.69) is 13.1 Å². The Morgan fingerprint density at radius 3 is 1.88 bits per heavy atom. The Labute approximate surface area is 52.2 Å². The minimum atomic E-state index is -0.839. The lowest BCUT2D eigenvalue weighted by Crippen LogP contribution is -2.34.